The maximum Gasteiger partial charge on any atom is 0.142 e. The molecule has 1 aliphatic rings. The van der Waals surface area contributed by atoms with Gasteiger partial charge in [-0.1, -0.05) is 0 Å². The number of nitrogens with one attached hydrogen (secondary N) is 2. The van der Waals surface area contributed by atoms with Crippen LogP contribution in [-0.4, -0.2) is 32.3 Å². The lowest BCUT2D eigenvalue weighted by molar-refractivity contribution is 0.286. The van der Waals surface area contributed by atoms with Crippen LogP contribution in [0, 0.1) is 0 Å². The van der Waals surface area contributed by atoms with Crippen LogP contribution in [0.4, 0.5) is 5.69 Å². The van der Waals surface area contributed by atoms with Crippen LogP contribution in [0.1, 0.15) is 26.7 Å². The van der Waals surface area contributed by atoms with Crippen molar-refractivity contribution in [2.75, 3.05) is 26.1 Å². The van der Waals surface area contributed by atoms with Crippen LogP contribution in [0.5, 0.6) is 11.5 Å². The Kier molecular flexibility index (Phi) is 4.20. The summed E-state index contributed by atoms with van der Waals surface area (Å²) in [5.41, 5.74) is 1.19. The number of hydrogen-bond donors (Lipinski definition) is 2. The summed E-state index contributed by atoms with van der Waals surface area (Å²) in [5.74, 6) is 1.70. The Balaban J connectivity index is 2.13. The van der Waals surface area contributed by atoms with Crippen LogP contribution in [0.15, 0.2) is 18.2 Å². The van der Waals surface area contributed by atoms with Gasteiger partial charge >= 0.3 is 0 Å². The first kappa shape index (κ1) is 14.0. The van der Waals surface area contributed by atoms with Gasteiger partial charge in [0.05, 0.1) is 19.9 Å². The molecule has 2 rings (SSSR count). The fraction of sp³-hybridized carbons (Fsp3) is 0.600. The molecule has 0 spiro atoms. The maximum absolute atomic E-state index is 5.40. The molecule has 0 saturated carbocycles. The highest BCUT2D eigenvalue weighted by molar-refractivity contribution is 5.60. The third kappa shape index (κ3) is 3.53. The normalized spacial score (nSPS) is 21.8. The van der Waals surface area contributed by atoms with Gasteiger partial charge in [-0.2, -0.15) is 0 Å². The zero-order chi connectivity index (χ0) is 13.9. The molecule has 1 saturated heterocycles. The summed E-state index contributed by atoms with van der Waals surface area (Å²) in [4.78, 5) is 0. The molecule has 0 amide bonds. The molecule has 0 bridgehead atoms. The van der Waals surface area contributed by atoms with Gasteiger partial charge in [-0.15, -0.1) is 0 Å². The second-order valence-corrected chi connectivity index (χ2v) is 5.71. The van der Waals surface area contributed by atoms with E-state index < -0.39 is 0 Å². The summed E-state index contributed by atoms with van der Waals surface area (Å²) < 4.78 is 10.7. The van der Waals surface area contributed by atoms with Crippen molar-refractivity contribution in [2.24, 2.45) is 0 Å². The number of methoxy groups -OCH3 is 2. The third-order valence-electron chi connectivity index (χ3n) is 3.62. The Hall–Kier alpha value is -1.42. The first-order valence-corrected chi connectivity index (χ1v) is 6.78. The van der Waals surface area contributed by atoms with E-state index >= 15 is 0 Å². The Labute approximate surface area is 115 Å². The molecule has 1 aromatic carbocycles. The third-order valence-corrected chi connectivity index (χ3v) is 3.62. The number of hydrogen-bond acceptors (Lipinski definition) is 4. The predicted molar refractivity (Wildman–Crippen MR) is 78.3 cm³/mol. The molecule has 4 heteroatoms. The Bertz CT molecular complexity index is 432. The summed E-state index contributed by atoms with van der Waals surface area (Å²) in [6.07, 6.45) is 2.21. The maximum atomic E-state index is 5.40. The number of rotatable bonds is 4. The lowest BCUT2D eigenvalue weighted by Crippen LogP contribution is -2.50. The average Bonchev–Trinajstić information content (AvgIpc) is 2.37. The summed E-state index contributed by atoms with van der Waals surface area (Å²) in [6, 6.07) is 6.30. The topological polar surface area (TPSA) is 42.5 Å². The summed E-state index contributed by atoms with van der Waals surface area (Å²) in [5, 5.41) is 7.12. The van der Waals surface area contributed by atoms with Crippen molar-refractivity contribution in [3.05, 3.63) is 18.2 Å². The Morgan fingerprint density at radius 1 is 1.26 bits per heavy atom. The van der Waals surface area contributed by atoms with E-state index in [9.17, 15) is 0 Å². The Morgan fingerprint density at radius 2 is 2.05 bits per heavy atom. The molecule has 4 nitrogen and oxygen atoms in total. The van der Waals surface area contributed by atoms with Gasteiger partial charge in [0.1, 0.15) is 11.5 Å². The monoisotopic (exact) mass is 264 g/mol. The van der Waals surface area contributed by atoms with Gasteiger partial charge in [0.15, 0.2) is 0 Å². The molecule has 1 aliphatic heterocycles. The zero-order valence-electron chi connectivity index (χ0n) is 12.2. The highest BCUT2D eigenvalue weighted by Gasteiger charge is 2.27. The van der Waals surface area contributed by atoms with E-state index in [2.05, 4.69) is 24.5 Å². The number of piperidine rings is 1. The van der Waals surface area contributed by atoms with E-state index in [1.807, 2.05) is 18.2 Å². The van der Waals surface area contributed by atoms with Crippen molar-refractivity contribution in [3.8, 4) is 11.5 Å². The van der Waals surface area contributed by atoms with Crippen LogP contribution in [0.3, 0.4) is 0 Å². The minimum atomic E-state index is 0.183. The fourth-order valence-electron chi connectivity index (χ4n) is 2.64. The van der Waals surface area contributed by atoms with Crippen LogP contribution in [0.25, 0.3) is 0 Å². The number of anilines is 1. The molecule has 1 unspecified atom stereocenters. The Morgan fingerprint density at radius 3 is 2.68 bits per heavy atom. The van der Waals surface area contributed by atoms with Crippen LogP contribution in [0.2, 0.25) is 0 Å². The minimum Gasteiger partial charge on any atom is -0.497 e. The van der Waals surface area contributed by atoms with Gasteiger partial charge in [0.25, 0.3) is 0 Å². The molecule has 1 fully saturated rings. The number of ether oxygens (including phenoxy) is 2. The molecule has 1 heterocycles. The second-order valence-electron chi connectivity index (χ2n) is 5.71. The molecule has 106 valence electrons. The predicted octanol–water partition coefficient (Wildman–Crippen LogP) is 2.65. The van der Waals surface area contributed by atoms with Crippen LogP contribution >= 0.6 is 0 Å². The lowest BCUT2D eigenvalue weighted by Gasteiger charge is -2.37. The van der Waals surface area contributed by atoms with Gasteiger partial charge < -0.3 is 20.1 Å². The average molecular weight is 264 g/mol. The molecule has 0 aromatic heterocycles. The summed E-state index contributed by atoms with van der Waals surface area (Å²) in [7, 11) is 3.37. The molecule has 1 atom stereocenters. The van der Waals surface area contributed by atoms with Crippen molar-refractivity contribution in [1.29, 1.82) is 0 Å². The smallest absolute Gasteiger partial charge is 0.142 e. The lowest BCUT2D eigenvalue weighted by atomic mass is 9.89. The first-order valence-electron chi connectivity index (χ1n) is 6.78. The molecular weight excluding hydrogens is 240 g/mol. The molecular formula is C15H24N2O2. The molecule has 19 heavy (non-hydrogen) atoms. The van der Waals surface area contributed by atoms with Crippen molar-refractivity contribution < 1.29 is 9.47 Å². The quantitative estimate of drug-likeness (QED) is 0.877. The van der Waals surface area contributed by atoms with Crippen molar-refractivity contribution in [2.45, 2.75) is 38.3 Å². The first-order chi connectivity index (χ1) is 9.04. The van der Waals surface area contributed by atoms with E-state index in [0.717, 1.165) is 36.6 Å². The molecule has 0 aliphatic carbocycles. The van der Waals surface area contributed by atoms with E-state index in [-0.39, 0.29) is 5.54 Å². The van der Waals surface area contributed by atoms with Gasteiger partial charge in [0.2, 0.25) is 0 Å². The number of benzene rings is 1. The zero-order valence-corrected chi connectivity index (χ0v) is 12.2. The van der Waals surface area contributed by atoms with Gasteiger partial charge in [-0.3, -0.25) is 0 Å². The van der Waals surface area contributed by atoms with Crippen molar-refractivity contribution in [3.63, 3.8) is 0 Å². The van der Waals surface area contributed by atoms with Crippen molar-refractivity contribution >= 4 is 5.69 Å². The SMILES string of the molecule is COc1ccc(OC)c(NC2CCNC(C)(C)C2)c1. The van der Waals surface area contributed by atoms with Crippen LogP contribution < -0.4 is 20.1 Å². The van der Waals surface area contributed by atoms with E-state index in [4.69, 9.17) is 9.47 Å². The second kappa shape index (κ2) is 5.70. The standard InChI is InChI=1S/C15H24N2O2/c1-15(2)10-11(7-8-16-15)17-13-9-12(18-3)5-6-14(13)19-4/h5-6,9,11,16-17H,7-8,10H2,1-4H3. The summed E-state index contributed by atoms with van der Waals surface area (Å²) >= 11 is 0. The van der Waals surface area contributed by atoms with Gasteiger partial charge in [0, 0.05) is 17.6 Å². The molecule has 1 aromatic rings. The van der Waals surface area contributed by atoms with Crippen LogP contribution in [-0.2, 0) is 0 Å². The van der Waals surface area contributed by atoms with E-state index in [1.165, 1.54) is 0 Å². The summed E-state index contributed by atoms with van der Waals surface area (Å²) in [6.45, 7) is 5.52. The molecule has 0 radical (unpaired) electrons. The molecule has 2 N–H and O–H groups in total. The minimum absolute atomic E-state index is 0.183. The van der Waals surface area contributed by atoms with E-state index in [1.54, 1.807) is 14.2 Å². The van der Waals surface area contributed by atoms with Gasteiger partial charge in [-0.25, -0.2) is 0 Å². The highest BCUT2D eigenvalue weighted by Crippen LogP contribution is 2.31. The largest absolute Gasteiger partial charge is 0.497 e. The fourth-order valence-corrected chi connectivity index (χ4v) is 2.64. The highest BCUT2D eigenvalue weighted by atomic mass is 16.5. The van der Waals surface area contributed by atoms with Crippen molar-refractivity contribution in [1.82, 2.24) is 5.32 Å². The van der Waals surface area contributed by atoms with E-state index in [0.29, 0.717) is 6.04 Å². The van der Waals surface area contributed by atoms with Gasteiger partial charge in [-0.05, 0) is 45.4 Å².